The fourth-order valence-corrected chi connectivity index (χ4v) is 3.17. The summed E-state index contributed by atoms with van der Waals surface area (Å²) in [4.78, 5) is 6.89. The zero-order valence-electron chi connectivity index (χ0n) is 15.5. The van der Waals surface area contributed by atoms with Crippen LogP contribution in [0.2, 0.25) is 0 Å². The third-order valence-electron chi connectivity index (χ3n) is 5.07. The Morgan fingerprint density at radius 2 is 1.84 bits per heavy atom. The highest BCUT2D eigenvalue weighted by Gasteiger charge is 2.24. The zero-order valence-corrected chi connectivity index (χ0v) is 17.8. The van der Waals surface area contributed by atoms with Crippen molar-refractivity contribution >= 4 is 29.9 Å². The Labute approximate surface area is 168 Å². The lowest BCUT2D eigenvalue weighted by molar-refractivity contribution is 0.171. The van der Waals surface area contributed by atoms with Crippen LogP contribution in [0.1, 0.15) is 39.2 Å². The molecule has 140 valence electrons. The number of likely N-dealkylation sites (tertiary alicyclic amines) is 1. The van der Waals surface area contributed by atoms with Crippen LogP contribution in [0, 0.1) is 5.92 Å². The molecule has 1 fully saturated rings. The maximum absolute atomic E-state index is 6.22. The molecule has 1 aromatic rings. The number of nitrogens with two attached hydrogens (primary N) is 1. The van der Waals surface area contributed by atoms with Crippen LogP contribution in [0.15, 0.2) is 23.2 Å². The Morgan fingerprint density at radius 3 is 2.52 bits per heavy atom. The highest BCUT2D eigenvalue weighted by molar-refractivity contribution is 14.0. The SMILES string of the molecule is CC1CCN(C(N)=NCC(C)(C)c2ccc3c(c2)OCCO3)CC1.I. The van der Waals surface area contributed by atoms with E-state index in [1.807, 2.05) is 6.07 Å². The van der Waals surface area contributed by atoms with E-state index in [0.29, 0.717) is 25.7 Å². The number of ether oxygens (including phenoxy) is 2. The van der Waals surface area contributed by atoms with Crippen molar-refractivity contribution in [2.75, 3.05) is 32.8 Å². The number of aliphatic imine (C=N–C) groups is 1. The quantitative estimate of drug-likeness (QED) is 0.428. The Morgan fingerprint density at radius 1 is 1.20 bits per heavy atom. The minimum absolute atomic E-state index is 0. The maximum atomic E-state index is 6.22. The molecule has 6 heteroatoms. The molecule has 0 aliphatic carbocycles. The first-order valence-corrected chi connectivity index (χ1v) is 8.91. The second kappa shape index (κ2) is 8.47. The summed E-state index contributed by atoms with van der Waals surface area (Å²) in [5, 5.41) is 0. The van der Waals surface area contributed by atoms with E-state index in [0.717, 1.165) is 30.5 Å². The second-order valence-corrected chi connectivity index (χ2v) is 7.59. The molecule has 1 saturated heterocycles. The smallest absolute Gasteiger partial charge is 0.191 e. The van der Waals surface area contributed by atoms with E-state index in [2.05, 4.69) is 42.8 Å². The lowest BCUT2D eigenvalue weighted by Crippen LogP contribution is -2.43. The predicted molar refractivity (Wildman–Crippen MR) is 112 cm³/mol. The number of piperidine rings is 1. The van der Waals surface area contributed by atoms with Crippen molar-refractivity contribution in [3.63, 3.8) is 0 Å². The van der Waals surface area contributed by atoms with Crippen LogP contribution in [-0.2, 0) is 5.41 Å². The molecule has 2 N–H and O–H groups in total. The molecule has 2 aliphatic rings. The van der Waals surface area contributed by atoms with Gasteiger partial charge in [0.1, 0.15) is 13.2 Å². The summed E-state index contributed by atoms with van der Waals surface area (Å²) in [7, 11) is 0. The van der Waals surface area contributed by atoms with Crippen molar-refractivity contribution in [1.82, 2.24) is 4.90 Å². The molecule has 3 rings (SSSR count). The summed E-state index contributed by atoms with van der Waals surface area (Å²) in [6.45, 7) is 10.6. The van der Waals surface area contributed by atoms with Gasteiger partial charge in [-0.3, -0.25) is 4.99 Å². The predicted octanol–water partition coefficient (Wildman–Crippen LogP) is 3.40. The Balaban J connectivity index is 0.00000225. The van der Waals surface area contributed by atoms with Gasteiger partial charge in [-0.2, -0.15) is 0 Å². The van der Waals surface area contributed by atoms with Crippen molar-refractivity contribution in [2.24, 2.45) is 16.6 Å². The van der Waals surface area contributed by atoms with Gasteiger partial charge in [0.05, 0.1) is 6.54 Å². The van der Waals surface area contributed by atoms with Gasteiger partial charge in [-0.1, -0.05) is 26.8 Å². The van der Waals surface area contributed by atoms with E-state index in [9.17, 15) is 0 Å². The molecule has 2 heterocycles. The van der Waals surface area contributed by atoms with Gasteiger partial charge in [-0.15, -0.1) is 24.0 Å². The topological polar surface area (TPSA) is 60.1 Å². The highest BCUT2D eigenvalue weighted by atomic mass is 127. The van der Waals surface area contributed by atoms with Crippen LogP contribution >= 0.6 is 24.0 Å². The third-order valence-corrected chi connectivity index (χ3v) is 5.07. The van der Waals surface area contributed by atoms with E-state index in [-0.39, 0.29) is 29.4 Å². The van der Waals surface area contributed by atoms with Gasteiger partial charge in [0.25, 0.3) is 0 Å². The molecule has 0 amide bonds. The van der Waals surface area contributed by atoms with Crippen molar-refractivity contribution < 1.29 is 9.47 Å². The van der Waals surface area contributed by atoms with Crippen molar-refractivity contribution in [3.05, 3.63) is 23.8 Å². The molecule has 0 spiro atoms. The average Bonchev–Trinajstić information content (AvgIpc) is 2.60. The van der Waals surface area contributed by atoms with E-state index >= 15 is 0 Å². The summed E-state index contributed by atoms with van der Waals surface area (Å²) >= 11 is 0. The molecule has 0 saturated carbocycles. The van der Waals surface area contributed by atoms with Gasteiger partial charge in [-0.25, -0.2) is 0 Å². The molecule has 1 aromatic carbocycles. The fourth-order valence-electron chi connectivity index (χ4n) is 3.17. The molecule has 5 nitrogen and oxygen atoms in total. The molecule has 0 unspecified atom stereocenters. The van der Waals surface area contributed by atoms with Gasteiger partial charge < -0.3 is 20.1 Å². The summed E-state index contributed by atoms with van der Waals surface area (Å²) in [6.07, 6.45) is 2.39. The molecule has 2 aliphatic heterocycles. The molecule has 25 heavy (non-hydrogen) atoms. The van der Waals surface area contributed by atoms with E-state index < -0.39 is 0 Å². The molecular formula is C19H30IN3O2. The van der Waals surface area contributed by atoms with E-state index in [4.69, 9.17) is 15.2 Å². The van der Waals surface area contributed by atoms with Crippen LogP contribution in [0.4, 0.5) is 0 Å². The first-order chi connectivity index (χ1) is 11.5. The zero-order chi connectivity index (χ0) is 17.2. The number of guanidine groups is 1. The highest BCUT2D eigenvalue weighted by Crippen LogP contribution is 2.35. The number of halogens is 1. The molecule has 0 bridgehead atoms. The van der Waals surface area contributed by atoms with Crippen LogP contribution in [-0.4, -0.2) is 43.7 Å². The first-order valence-electron chi connectivity index (χ1n) is 8.91. The summed E-state index contributed by atoms with van der Waals surface area (Å²) in [6, 6.07) is 6.16. The lowest BCUT2D eigenvalue weighted by Gasteiger charge is -2.32. The number of hydrogen-bond acceptors (Lipinski definition) is 3. The van der Waals surface area contributed by atoms with Crippen LogP contribution in [0.25, 0.3) is 0 Å². The van der Waals surface area contributed by atoms with Gasteiger partial charge in [0.15, 0.2) is 17.5 Å². The number of fused-ring (bicyclic) bond motifs is 1. The second-order valence-electron chi connectivity index (χ2n) is 7.59. The summed E-state index contributed by atoms with van der Waals surface area (Å²) in [5.74, 6) is 3.12. The van der Waals surface area contributed by atoms with Crippen LogP contribution in [0.3, 0.4) is 0 Å². The Kier molecular flexibility index (Phi) is 6.82. The number of nitrogens with zero attached hydrogens (tertiary/aromatic N) is 2. The lowest BCUT2D eigenvalue weighted by atomic mass is 9.84. The molecule has 0 aromatic heterocycles. The normalized spacial score (nSPS) is 18.7. The Hall–Kier alpha value is -1.18. The summed E-state index contributed by atoms with van der Waals surface area (Å²) in [5.41, 5.74) is 7.30. The van der Waals surface area contributed by atoms with Crippen LogP contribution in [0.5, 0.6) is 11.5 Å². The number of rotatable bonds is 3. The first kappa shape index (κ1) is 20.1. The maximum Gasteiger partial charge on any atom is 0.191 e. The fraction of sp³-hybridized carbons (Fsp3) is 0.632. The number of benzene rings is 1. The van der Waals surface area contributed by atoms with Gasteiger partial charge in [0.2, 0.25) is 0 Å². The summed E-state index contributed by atoms with van der Waals surface area (Å²) < 4.78 is 11.3. The Bertz CT molecular complexity index is 611. The van der Waals surface area contributed by atoms with Crippen LogP contribution < -0.4 is 15.2 Å². The van der Waals surface area contributed by atoms with Crippen molar-refractivity contribution in [2.45, 2.75) is 39.0 Å². The van der Waals surface area contributed by atoms with Gasteiger partial charge in [0, 0.05) is 18.5 Å². The third kappa shape index (κ3) is 4.92. The standard InChI is InChI=1S/C19H29N3O2.HI/c1-14-6-8-22(9-7-14)18(20)21-13-19(2,3)15-4-5-16-17(12-15)24-11-10-23-16;/h4-5,12,14H,6-11,13H2,1-3H3,(H2,20,21);1H. The van der Waals surface area contributed by atoms with E-state index in [1.54, 1.807) is 0 Å². The van der Waals surface area contributed by atoms with Crippen molar-refractivity contribution in [1.29, 1.82) is 0 Å². The molecular weight excluding hydrogens is 429 g/mol. The average molecular weight is 459 g/mol. The number of hydrogen-bond donors (Lipinski definition) is 1. The minimum atomic E-state index is -0.108. The molecule has 0 radical (unpaired) electrons. The van der Waals surface area contributed by atoms with Crippen molar-refractivity contribution in [3.8, 4) is 11.5 Å². The van der Waals surface area contributed by atoms with E-state index in [1.165, 1.54) is 18.4 Å². The van der Waals surface area contributed by atoms with Gasteiger partial charge >= 0.3 is 0 Å². The van der Waals surface area contributed by atoms with Gasteiger partial charge in [-0.05, 0) is 36.5 Å². The molecule has 0 atom stereocenters. The monoisotopic (exact) mass is 459 g/mol. The minimum Gasteiger partial charge on any atom is -0.486 e. The largest absolute Gasteiger partial charge is 0.486 e.